The second-order valence-corrected chi connectivity index (χ2v) is 7.73. The molecule has 3 aromatic rings. The van der Waals surface area contributed by atoms with E-state index < -0.39 is 5.97 Å². The highest BCUT2D eigenvalue weighted by Gasteiger charge is 2.12. The molecule has 0 radical (unpaired) electrons. The summed E-state index contributed by atoms with van der Waals surface area (Å²) in [5.74, 6) is -0.607. The van der Waals surface area contributed by atoms with E-state index in [0.29, 0.717) is 0 Å². The highest BCUT2D eigenvalue weighted by atomic mass is 32.2. The SMILES string of the molecule is Cc1cc(/C=C(\SCC(=O)O)c2nc3ccccc3s2)cc(C)c1O. The molecule has 0 aliphatic rings. The van der Waals surface area contributed by atoms with Crippen molar-refractivity contribution in [1.29, 1.82) is 0 Å². The lowest BCUT2D eigenvalue weighted by atomic mass is 10.1. The normalized spacial score (nSPS) is 11.8. The predicted molar refractivity (Wildman–Crippen MR) is 105 cm³/mol. The van der Waals surface area contributed by atoms with Crippen LogP contribution in [0.15, 0.2) is 36.4 Å². The molecule has 1 aromatic heterocycles. The number of phenols is 1. The third-order valence-electron chi connectivity index (χ3n) is 3.67. The number of aryl methyl sites for hydroxylation is 2. The van der Waals surface area contributed by atoms with Gasteiger partial charge in [0.25, 0.3) is 0 Å². The Bertz CT molecular complexity index is 920. The zero-order valence-electron chi connectivity index (χ0n) is 13.8. The maximum atomic E-state index is 11.0. The third-order valence-corrected chi connectivity index (χ3v) is 5.88. The molecule has 0 saturated heterocycles. The number of aliphatic carboxylic acids is 1. The molecule has 4 nitrogen and oxygen atoms in total. The quantitative estimate of drug-likeness (QED) is 0.665. The van der Waals surface area contributed by atoms with E-state index in [1.807, 2.05) is 56.3 Å². The van der Waals surface area contributed by atoms with Crippen LogP contribution in [0.1, 0.15) is 21.7 Å². The van der Waals surface area contributed by atoms with Crippen molar-refractivity contribution in [2.75, 3.05) is 5.75 Å². The summed E-state index contributed by atoms with van der Waals surface area (Å²) in [6.45, 7) is 3.70. The topological polar surface area (TPSA) is 70.4 Å². The first-order chi connectivity index (χ1) is 11.9. The number of carboxylic acids is 1. The van der Waals surface area contributed by atoms with Crippen molar-refractivity contribution in [3.05, 3.63) is 58.1 Å². The number of thioether (sulfide) groups is 1. The van der Waals surface area contributed by atoms with Crippen molar-refractivity contribution < 1.29 is 15.0 Å². The molecule has 2 N–H and O–H groups in total. The van der Waals surface area contributed by atoms with Crippen LogP contribution in [0.3, 0.4) is 0 Å². The van der Waals surface area contributed by atoms with Crippen molar-refractivity contribution in [3.8, 4) is 5.75 Å². The Labute approximate surface area is 153 Å². The van der Waals surface area contributed by atoms with Crippen LogP contribution in [0.4, 0.5) is 0 Å². The van der Waals surface area contributed by atoms with Crippen LogP contribution in [0.2, 0.25) is 0 Å². The van der Waals surface area contributed by atoms with Crippen molar-refractivity contribution in [3.63, 3.8) is 0 Å². The molecule has 1 heterocycles. The predicted octanol–water partition coefficient (Wildman–Crippen LogP) is 4.93. The average Bonchev–Trinajstić information content (AvgIpc) is 3.00. The molecular weight excluding hydrogens is 354 g/mol. The highest BCUT2D eigenvalue weighted by molar-refractivity contribution is 8.09. The first-order valence-corrected chi connectivity index (χ1v) is 9.46. The molecule has 0 spiro atoms. The van der Waals surface area contributed by atoms with Gasteiger partial charge in [-0.2, -0.15) is 0 Å². The number of rotatable bonds is 5. The van der Waals surface area contributed by atoms with Gasteiger partial charge in [0.2, 0.25) is 0 Å². The summed E-state index contributed by atoms with van der Waals surface area (Å²) >= 11 is 2.80. The number of hydrogen-bond donors (Lipinski definition) is 2. The zero-order chi connectivity index (χ0) is 18.0. The minimum atomic E-state index is -0.866. The minimum Gasteiger partial charge on any atom is -0.507 e. The average molecular weight is 371 g/mol. The number of aromatic hydroxyl groups is 1. The van der Waals surface area contributed by atoms with E-state index in [4.69, 9.17) is 5.11 Å². The number of hydrogen-bond acceptors (Lipinski definition) is 5. The van der Waals surface area contributed by atoms with Gasteiger partial charge in [0.15, 0.2) is 0 Å². The maximum Gasteiger partial charge on any atom is 0.313 e. The summed E-state index contributed by atoms with van der Waals surface area (Å²) in [4.78, 5) is 16.5. The van der Waals surface area contributed by atoms with Crippen LogP contribution in [0, 0.1) is 13.8 Å². The van der Waals surface area contributed by atoms with E-state index in [0.717, 1.165) is 36.8 Å². The molecule has 128 valence electrons. The van der Waals surface area contributed by atoms with Crippen LogP contribution in [0.25, 0.3) is 21.2 Å². The molecule has 3 rings (SSSR count). The number of carboxylic acid groups (broad SMARTS) is 1. The largest absolute Gasteiger partial charge is 0.507 e. The zero-order valence-corrected chi connectivity index (χ0v) is 15.4. The van der Waals surface area contributed by atoms with Gasteiger partial charge in [-0.1, -0.05) is 12.1 Å². The second-order valence-electron chi connectivity index (χ2n) is 5.68. The monoisotopic (exact) mass is 371 g/mol. The summed E-state index contributed by atoms with van der Waals surface area (Å²) in [6, 6.07) is 11.6. The number of para-hydroxylation sites is 1. The maximum absolute atomic E-state index is 11.0. The summed E-state index contributed by atoms with van der Waals surface area (Å²) in [5.41, 5.74) is 3.40. The van der Waals surface area contributed by atoms with E-state index >= 15 is 0 Å². The molecular formula is C19H17NO3S2. The van der Waals surface area contributed by atoms with E-state index in [9.17, 15) is 9.90 Å². The van der Waals surface area contributed by atoms with Gasteiger partial charge in [-0.25, -0.2) is 4.98 Å². The number of phenolic OH excluding ortho intramolecular Hbond substituents is 1. The summed E-state index contributed by atoms with van der Waals surface area (Å²) in [6.07, 6.45) is 1.94. The van der Waals surface area contributed by atoms with Crippen LogP contribution >= 0.6 is 23.1 Å². The second kappa shape index (κ2) is 7.29. The smallest absolute Gasteiger partial charge is 0.313 e. The fraction of sp³-hybridized carbons (Fsp3) is 0.158. The Hall–Kier alpha value is -2.31. The van der Waals surface area contributed by atoms with E-state index in [1.54, 1.807) is 11.3 Å². The first kappa shape index (κ1) is 17.5. The molecule has 0 atom stereocenters. The number of carbonyl (C=O) groups is 1. The Kier molecular flexibility index (Phi) is 5.11. The van der Waals surface area contributed by atoms with Crippen LogP contribution in [-0.4, -0.2) is 26.9 Å². The molecule has 0 saturated carbocycles. The number of fused-ring (bicyclic) bond motifs is 1. The third kappa shape index (κ3) is 4.03. The van der Waals surface area contributed by atoms with Gasteiger partial charge in [-0.3, -0.25) is 4.79 Å². The molecule has 2 aromatic carbocycles. The van der Waals surface area contributed by atoms with Gasteiger partial charge >= 0.3 is 5.97 Å². The van der Waals surface area contributed by atoms with Gasteiger partial charge in [-0.05, 0) is 60.9 Å². The molecule has 6 heteroatoms. The van der Waals surface area contributed by atoms with Gasteiger partial charge in [0, 0.05) is 4.91 Å². The number of nitrogens with zero attached hydrogens (tertiary/aromatic N) is 1. The Morgan fingerprint density at radius 3 is 2.56 bits per heavy atom. The van der Waals surface area contributed by atoms with Crippen molar-refractivity contribution >= 4 is 50.3 Å². The molecule has 0 unspecified atom stereocenters. The van der Waals surface area contributed by atoms with Crippen molar-refractivity contribution in [2.45, 2.75) is 13.8 Å². The van der Waals surface area contributed by atoms with Crippen LogP contribution in [-0.2, 0) is 4.79 Å². The number of benzene rings is 2. The summed E-state index contributed by atoms with van der Waals surface area (Å²) < 4.78 is 1.07. The first-order valence-electron chi connectivity index (χ1n) is 7.66. The highest BCUT2D eigenvalue weighted by Crippen LogP contribution is 2.36. The lowest BCUT2D eigenvalue weighted by Gasteiger charge is -2.07. The van der Waals surface area contributed by atoms with Gasteiger partial charge < -0.3 is 10.2 Å². The molecule has 0 amide bonds. The molecule has 0 bridgehead atoms. The van der Waals surface area contributed by atoms with E-state index in [2.05, 4.69) is 4.98 Å². The fourth-order valence-electron chi connectivity index (χ4n) is 2.51. The summed E-state index contributed by atoms with van der Waals surface area (Å²) in [7, 11) is 0. The van der Waals surface area contributed by atoms with Crippen molar-refractivity contribution in [2.24, 2.45) is 0 Å². The Morgan fingerprint density at radius 2 is 1.92 bits per heavy atom. The minimum absolute atomic E-state index is 0.0300. The Balaban J connectivity index is 2.06. The summed E-state index contributed by atoms with van der Waals surface area (Å²) in [5, 5.41) is 19.8. The lowest BCUT2D eigenvalue weighted by molar-refractivity contribution is -0.133. The molecule has 0 fully saturated rings. The van der Waals surface area contributed by atoms with Gasteiger partial charge in [-0.15, -0.1) is 23.1 Å². The lowest BCUT2D eigenvalue weighted by Crippen LogP contribution is -1.98. The van der Waals surface area contributed by atoms with Crippen LogP contribution < -0.4 is 0 Å². The number of aromatic nitrogens is 1. The molecule has 0 aliphatic carbocycles. The van der Waals surface area contributed by atoms with Crippen molar-refractivity contribution in [1.82, 2.24) is 4.98 Å². The molecule has 25 heavy (non-hydrogen) atoms. The fourth-order valence-corrected chi connectivity index (χ4v) is 4.35. The molecule has 0 aliphatic heterocycles. The Morgan fingerprint density at radius 1 is 1.24 bits per heavy atom. The van der Waals surface area contributed by atoms with Gasteiger partial charge in [0.05, 0.1) is 16.0 Å². The number of thiazole rings is 1. The van der Waals surface area contributed by atoms with E-state index in [-0.39, 0.29) is 11.5 Å². The van der Waals surface area contributed by atoms with Gasteiger partial charge in [0.1, 0.15) is 10.8 Å². The van der Waals surface area contributed by atoms with Crippen LogP contribution in [0.5, 0.6) is 5.75 Å². The standard InChI is InChI=1S/C19H17NO3S2/c1-11-7-13(8-12(2)18(11)23)9-16(24-10-17(21)22)19-20-14-5-3-4-6-15(14)25-19/h3-9,23H,10H2,1-2H3,(H,21,22)/b16-9-. The van der Waals surface area contributed by atoms with E-state index in [1.165, 1.54) is 11.8 Å².